The average molecular weight is 265 g/mol. The van der Waals surface area contributed by atoms with E-state index in [9.17, 15) is 9.59 Å². The zero-order valence-corrected chi connectivity index (χ0v) is 11.4. The van der Waals surface area contributed by atoms with Crippen LogP contribution < -0.4 is 5.32 Å². The van der Waals surface area contributed by atoms with Crippen molar-refractivity contribution in [2.45, 2.75) is 26.4 Å². The molecule has 104 valence electrons. The second-order valence-corrected chi connectivity index (χ2v) is 4.56. The van der Waals surface area contributed by atoms with Crippen molar-refractivity contribution in [3.63, 3.8) is 0 Å². The molecule has 0 aromatic carbocycles. The summed E-state index contributed by atoms with van der Waals surface area (Å²) in [5.41, 5.74) is 1.79. The van der Waals surface area contributed by atoms with Gasteiger partial charge in [-0.25, -0.2) is 4.79 Å². The number of hydrogen-bond donors (Lipinski definition) is 2. The van der Waals surface area contributed by atoms with Crippen LogP contribution in [-0.2, 0) is 16.1 Å². The molecule has 1 aromatic rings. The molecule has 0 fully saturated rings. The third kappa shape index (κ3) is 5.48. The van der Waals surface area contributed by atoms with Gasteiger partial charge in [0.25, 0.3) is 0 Å². The molecule has 1 atom stereocenters. The molecule has 0 aliphatic heterocycles. The highest BCUT2D eigenvalue weighted by Gasteiger charge is 2.20. The SMILES string of the molecule is CC(=O)NC(CN(C)Cc1cccc(C)n1)C(=O)O. The lowest BCUT2D eigenvalue weighted by molar-refractivity contribution is -0.142. The number of likely N-dealkylation sites (N-methyl/N-ethyl adjacent to an activating group) is 1. The molecule has 1 unspecified atom stereocenters. The first kappa shape index (κ1) is 15.1. The second kappa shape index (κ2) is 6.84. The molecule has 6 nitrogen and oxygen atoms in total. The number of aromatic nitrogens is 1. The van der Waals surface area contributed by atoms with E-state index in [1.165, 1.54) is 6.92 Å². The van der Waals surface area contributed by atoms with E-state index in [0.717, 1.165) is 11.4 Å². The molecule has 0 radical (unpaired) electrons. The normalized spacial score (nSPS) is 12.2. The lowest BCUT2D eigenvalue weighted by Crippen LogP contribution is -2.46. The number of aliphatic carboxylic acids is 1. The highest BCUT2D eigenvalue weighted by molar-refractivity contribution is 5.82. The number of amides is 1. The summed E-state index contributed by atoms with van der Waals surface area (Å²) in [6.07, 6.45) is 0. The van der Waals surface area contributed by atoms with Crippen LogP contribution in [0.15, 0.2) is 18.2 Å². The Kier molecular flexibility index (Phi) is 5.44. The number of carboxylic acid groups (broad SMARTS) is 1. The molecule has 0 aliphatic rings. The number of nitrogens with one attached hydrogen (secondary N) is 1. The highest BCUT2D eigenvalue weighted by Crippen LogP contribution is 2.02. The monoisotopic (exact) mass is 265 g/mol. The number of nitrogens with zero attached hydrogens (tertiary/aromatic N) is 2. The van der Waals surface area contributed by atoms with Gasteiger partial charge in [-0.15, -0.1) is 0 Å². The minimum Gasteiger partial charge on any atom is -0.480 e. The van der Waals surface area contributed by atoms with Gasteiger partial charge in [0, 0.05) is 25.7 Å². The van der Waals surface area contributed by atoms with Gasteiger partial charge >= 0.3 is 5.97 Å². The zero-order chi connectivity index (χ0) is 14.4. The molecule has 6 heteroatoms. The fourth-order valence-corrected chi connectivity index (χ4v) is 1.77. The van der Waals surface area contributed by atoms with E-state index in [4.69, 9.17) is 5.11 Å². The third-order valence-corrected chi connectivity index (χ3v) is 2.55. The van der Waals surface area contributed by atoms with E-state index in [0.29, 0.717) is 6.54 Å². The average Bonchev–Trinajstić information content (AvgIpc) is 2.27. The Hall–Kier alpha value is -1.95. The molecule has 19 heavy (non-hydrogen) atoms. The predicted octanol–water partition coefficient (Wildman–Crippen LogP) is 0.411. The van der Waals surface area contributed by atoms with E-state index < -0.39 is 12.0 Å². The number of aryl methyl sites for hydroxylation is 1. The molecular formula is C13H19N3O3. The Bertz CT molecular complexity index is 462. The quantitative estimate of drug-likeness (QED) is 0.778. The topological polar surface area (TPSA) is 82.5 Å². The Labute approximate surface area is 112 Å². The maximum atomic E-state index is 11.0. The Morgan fingerprint density at radius 1 is 1.47 bits per heavy atom. The van der Waals surface area contributed by atoms with Gasteiger partial charge in [-0.05, 0) is 26.1 Å². The summed E-state index contributed by atoms with van der Waals surface area (Å²) in [6, 6.07) is 4.79. The summed E-state index contributed by atoms with van der Waals surface area (Å²) in [4.78, 5) is 28.1. The van der Waals surface area contributed by atoms with Crippen LogP contribution in [0.1, 0.15) is 18.3 Å². The van der Waals surface area contributed by atoms with Crippen molar-refractivity contribution in [3.8, 4) is 0 Å². The van der Waals surface area contributed by atoms with Crippen molar-refractivity contribution in [1.82, 2.24) is 15.2 Å². The first-order chi connectivity index (χ1) is 8.88. The molecule has 0 aliphatic carbocycles. The summed E-state index contributed by atoms with van der Waals surface area (Å²) >= 11 is 0. The molecule has 1 aromatic heterocycles. The minimum atomic E-state index is -1.04. The molecule has 0 spiro atoms. The molecule has 2 N–H and O–H groups in total. The highest BCUT2D eigenvalue weighted by atomic mass is 16.4. The van der Waals surface area contributed by atoms with Crippen molar-refractivity contribution in [1.29, 1.82) is 0 Å². The van der Waals surface area contributed by atoms with Crippen LogP contribution in [0.5, 0.6) is 0 Å². The smallest absolute Gasteiger partial charge is 0.327 e. The van der Waals surface area contributed by atoms with Crippen molar-refractivity contribution in [2.75, 3.05) is 13.6 Å². The van der Waals surface area contributed by atoms with Gasteiger partial charge in [0.05, 0.1) is 5.69 Å². The van der Waals surface area contributed by atoms with E-state index in [-0.39, 0.29) is 12.5 Å². The lowest BCUT2D eigenvalue weighted by Gasteiger charge is -2.21. The van der Waals surface area contributed by atoms with Gasteiger partial charge in [-0.1, -0.05) is 6.07 Å². The number of rotatable bonds is 6. The van der Waals surface area contributed by atoms with E-state index in [2.05, 4.69) is 10.3 Å². The summed E-state index contributed by atoms with van der Waals surface area (Å²) in [5.74, 6) is -1.39. The van der Waals surface area contributed by atoms with Crippen molar-refractivity contribution in [2.24, 2.45) is 0 Å². The van der Waals surface area contributed by atoms with Crippen LogP contribution in [0.2, 0.25) is 0 Å². The van der Waals surface area contributed by atoms with Crippen LogP contribution in [0.4, 0.5) is 0 Å². The van der Waals surface area contributed by atoms with Crippen molar-refractivity contribution >= 4 is 11.9 Å². The number of hydrogen-bond acceptors (Lipinski definition) is 4. The molecule has 0 saturated heterocycles. The van der Waals surface area contributed by atoms with Gasteiger partial charge < -0.3 is 10.4 Å². The molecule has 0 bridgehead atoms. The molecule has 1 heterocycles. The van der Waals surface area contributed by atoms with Gasteiger partial charge in [0.1, 0.15) is 6.04 Å². The second-order valence-electron chi connectivity index (χ2n) is 4.56. The summed E-state index contributed by atoms with van der Waals surface area (Å²) < 4.78 is 0. The summed E-state index contributed by atoms with van der Waals surface area (Å²) in [7, 11) is 1.79. The zero-order valence-electron chi connectivity index (χ0n) is 11.4. The van der Waals surface area contributed by atoms with E-state index in [1.54, 1.807) is 7.05 Å². The van der Waals surface area contributed by atoms with Crippen molar-refractivity contribution < 1.29 is 14.7 Å². The largest absolute Gasteiger partial charge is 0.480 e. The van der Waals surface area contributed by atoms with Gasteiger partial charge in [-0.2, -0.15) is 0 Å². The van der Waals surface area contributed by atoms with E-state index >= 15 is 0 Å². The third-order valence-electron chi connectivity index (χ3n) is 2.55. The number of carbonyl (C=O) groups excluding carboxylic acids is 1. The summed E-state index contributed by atoms with van der Waals surface area (Å²) in [6.45, 7) is 3.97. The fraction of sp³-hybridized carbons (Fsp3) is 0.462. The standard InChI is InChI=1S/C13H19N3O3/c1-9-5-4-6-11(14-9)7-16(3)8-12(13(18)19)15-10(2)17/h4-6,12H,7-8H2,1-3H3,(H,15,17)(H,18,19). The van der Waals surface area contributed by atoms with Crippen LogP contribution in [0.3, 0.4) is 0 Å². The van der Waals surface area contributed by atoms with Crippen LogP contribution >= 0.6 is 0 Å². The molecule has 0 saturated carbocycles. The van der Waals surface area contributed by atoms with Crippen molar-refractivity contribution in [3.05, 3.63) is 29.6 Å². The van der Waals surface area contributed by atoms with Gasteiger partial charge in [0.2, 0.25) is 5.91 Å². The van der Waals surface area contributed by atoms with Crippen LogP contribution in [0, 0.1) is 6.92 Å². The maximum Gasteiger partial charge on any atom is 0.327 e. The number of carboxylic acids is 1. The molecule has 1 rings (SSSR count). The first-order valence-electron chi connectivity index (χ1n) is 5.99. The fourth-order valence-electron chi connectivity index (χ4n) is 1.77. The Balaban J connectivity index is 2.59. The number of pyridine rings is 1. The Morgan fingerprint density at radius 3 is 2.68 bits per heavy atom. The van der Waals surface area contributed by atoms with Crippen LogP contribution in [-0.4, -0.2) is 46.5 Å². The first-order valence-corrected chi connectivity index (χ1v) is 5.99. The number of carbonyl (C=O) groups is 2. The Morgan fingerprint density at radius 2 is 2.16 bits per heavy atom. The predicted molar refractivity (Wildman–Crippen MR) is 70.5 cm³/mol. The van der Waals surface area contributed by atoms with Crippen LogP contribution in [0.25, 0.3) is 0 Å². The lowest BCUT2D eigenvalue weighted by atomic mass is 10.2. The summed E-state index contributed by atoms with van der Waals surface area (Å²) in [5, 5.41) is 11.4. The maximum absolute atomic E-state index is 11.0. The molecular weight excluding hydrogens is 246 g/mol. The van der Waals surface area contributed by atoms with E-state index in [1.807, 2.05) is 30.0 Å². The minimum absolute atomic E-state index is 0.227. The van der Waals surface area contributed by atoms with Gasteiger partial charge in [0.15, 0.2) is 0 Å². The van der Waals surface area contributed by atoms with Gasteiger partial charge in [-0.3, -0.25) is 14.7 Å². The molecule has 1 amide bonds.